The summed E-state index contributed by atoms with van der Waals surface area (Å²) in [5.41, 5.74) is 0.244. The minimum Gasteiger partial charge on any atom is -0.390 e. The van der Waals surface area contributed by atoms with Crippen LogP contribution in [-0.2, 0) is 0 Å². The van der Waals surface area contributed by atoms with E-state index >= 15 is 0 Å². The number of benzene rings is 1. The van der Waals surface area contributed by atoms with E-state index in [1.165, 1.54) is 13.0 Å². The number of halogens is 3. The van der Waals surface area contributed by atoms with Crippen LogP contribution in [0.25, 0.3) is 0 Å². The highest BCUT2D eigenvalue weighted by atomic mass is 79.9. The van der Waals surface area contributed by atoms with E-state index < -0.39 is 23.8 Å². The molecule has 0 saturated heterocycles. The maximum atomic E-state index is 13.2. The average Bonchev–Trinajstić information content (AvgIpc) is 2.26. The summed E-state index contributed by atoms with van der Waals surface area (Å²) >= 11 is 3.13. The first kappa shape index (κ1) is 13.5. The summed E-state index contributed by atoms with van der Waals surface area (Å²) in [6.07, 6.45) is -1.87. The molecule has 1 rings (SSSR count). The predicted molar refractivity (Wildman–Crippen MR) is 60.5 cm³/mol. The van der Waals surface area contributed by atoms with Crippen molar-refractivity contribution in [1.82, 2.24) is 0 Å². The van der Waals surface area contributed by atoms with Crippen LogP contribution < -0.4 is 0 Å². The zero-order valence-electron chi connectivity index (χ0n) is 8.75. The van der Waals surface area contributed by atoms with Gasteiger partial charge in [-0.15, -0.1) is 0 Å². The quantitative estimate of drug-likeness (QED) is 0.838. The van der Waals surface area contributed by atoms with Crippen molar-refractivity contribution in [2.24, 2.45) is 0 Å². The molecule has 2 nitrogen and oxygen atoms in total. The van der Waals surface area contributed by atoms with E-state index in [1.54, 1.807) is 0 Å². The molecule has 2 unspecified atom stereocenters. The van der Waals surface area contributed by atoms with E-state index in [0.29, 0.717) is 11.8 Å². The molecule has 2 N–H and O–H groups in total. The number of aliphatic hydroxyl groups excluding tert-OH is 2. The van der Waals surface area contributed by atoms with E-state index in [1.807, 2.05) is 0 Å². The molecule has 0 aliphatic carbocycles. The van der Waals surface area contributed by atoms with Gasteiger partial charge in [0.25, 0.3) is 0 Å². The van der Waals surface area contributed by atoms with E-state index in [2.05, 4.69) is 15.9 Å². The fourth-order valence-corrected chi connectivity index (χ4v) is 1.93. The van der Waals surface area contributed by atoms with Crippen LogP contribution in [0.15, 0.2) is 12.1 Å². The van der Waals surface area contributed by atoms with Gasteiger partial charge in [-0.25, -0.2) is 8.78 Å². The largest absolute Gasteiger partial charge is 0.390 e. The molecule has 0 heterocycles. The number of alkyl halides is 1. The highest BCUT2D eigenvalue weighted by Crippen LogP contribution is 2.25. The smallest absolute Gasteiger partial charge is 0.162 e. The Hall–Kier alpha value is -0.520. The molecule has 2 atom stereocenters. The third-order valence-electron chi connectivity index (χ3n) is 2.47. The van der Waals surface area contributed by atoms with Gasteiger partial charge in [0.2, 0.25) is 0 Å². The molecule has 16 heavy (non-hydrogen) atoms. The van der Waals surface area contributed by atoms with Crippen LogP contribution in [0.3, 0.4) is 0 Å². The maximum Gasteiger partial charge on any atom is 0.162 e. The minimum atomic E-state index is -1.20. The van der Waals surface area contributed by atoms with Crippen molar-refractivity contribution >= 4 is 15.9 Å². The first-order chi connectivity index (χ1) is 7.49. The normalized spacial score (nSPS) is 14.9. The Morgan fingerprint density at radius 2 is 1.94 bits per heavy atom. The summed E-state index contributed by atoms with van der Waals surface area (Å²) in [6, 6.07) is 2.23. The van der Waals surface area contributed by atoms with Crippen LogP contribution >= 0.6 is 15.9 Å². The highest BCUT2D eigenvalue weighted by Gasteiger charge is 2.22. The zero-order chi connectivity index (χ0) is 12.3. The molecule has 0 aromatic heterocycles. The Morgan fingerprint density at radius 1 is 1.31 bits per heavy atom. The Morgan fingerprint density at radius 3 is 2.50 bits per heavy atom. The lowest BCUT2D eigenvalue weighted by Gasteiger charge is -2.19. The second kappa shape index (κ2) is 5.70. The van der Waals surface area contributed by atoms with Gasteiger partial charge in [0.15, 0.2) is 11.6 Å². The number of aliphatic hydroxyl groups is 2. The molecular formula is C11H13BrF2O2. The van der Waals surface area contributed by atoms with Crippen molar-refractivity contribution in [3.8, 4) is 0 Å². The lowest BCUT2D eigenvalue weighted by atomic mass is 9.98. The van der Waals surface area contributed by atoms with Gasteiger partial charge < -0.3 is 10.2 Å². The van der Waals surface area contributed by atoms with Crippen LogP contribution in [0.5, 0.6) is 0 Å². The average molecular weight is 295 g/mol. The molecule has 0 amide bonds. The number of hydrogen-bond acceptors (Lipinski definition) is 2. The molecule has 90 valence electrons. The van der Waals surface area contributed by atoms with Gasteiger partial charge in [-0.1, -0.05) is 22.0 Å². The van der Waals surface area contributed by atoms with E-state index in [-0.39, 0.29) is 11.1 Å². The molecule has 0 aliphatic rings. The molecule has 1 aromatic carbocycles. The van der Waals surface area contributed by atoms with Gasteiger partial charge in [-0.05, 0) is 30.5 Å². The van der Waals surface area contributed by atoms with Crippen molar-refractivity contribution in [2.45, 2.75) is 25.6 Å². The number of rotatable bonds is 4. The van der Waals surface area contributed by atoms with Crippen LogP contribution in [0.2, 0.25) is 0 Å². The van der Waals surface area contributed by atoms with Crippen LogP contribution in [0.1, 0.15) is 23.7 Å². The van der Waals surface area contributed by atoms with E-state index in [4.69, 9.17) is 0 Å². The monoisotopic (exact) mass is 294 g/mol. The maximum absolute atomic E-state index is 13.2. The fourth-order valence-electron chi connectivity index (χ4n) is 1.46. The van der Waals surface area contributed by atoms with Gasteiger partial charge in [0, 0.05) is 5.33 Å². The van der Waals surface area contributed by atoms with Gasteiger partial charge >= 0.3 is 0 Å². The standard InChI is InChI=1S/C11H13BrF2O2/c1-6-7(2-3-8(13)10(6)14)11(16)9(15)4-5-12/h2-3,9,11,15-16H,4-5H2,1H3. The first-order valence-electron chi connectivity index (χ1n) is 4.85. The molecule has 0 radical (unpaired) electrons. The first-order valence-corrected chi connectivity index (χ1v) is 5.97. The van der Waals surface area contributed by atoms with Crippen molar-refractivity contribution in [3.05, 3.63) is 34.9 Å². The van der Waals surface area contributed by atoms with Gasteiger partial charge in [-0.3, -0.25) is 0 Å². The zero-order valence-corrected chi connectivity index (χ0v) is 10.3. The SMILES string of the molecule is Cc1c(C(O)C(O)CCBr)ccc(F)c1F. The van der Waals surface area contributed by atoms with Crippen LogP contribution in [0, 0.1) is 18.6 Å². The Bertz CT molecular complexity index is 371. The molecule has 0 bridgehead atoms. The Labute approximate surface area is 101 Å². The van der Waals surface area contributed by atoms with Crippen molar-refractivity contribution in [3.63, 3.8) is 0 Å². The van der Waals surface area contributed by atoms with E-state index in [0.717, 1.165) is 6.07 Å². The summed E-state index contributed by atoms with van der Waals surface area (Å²) < 4.78 is 26.1. The molecule has 0 aliphatic heterocycles. The molecule has 1 aromatic rings. The van der Waals surface area contributed by atoms with Gasteiger partial charge in [0.1, 0.15) is 6.10 Å². The fraction of sp³-hybridized carbons (Fsp3) is 0.455. The lowest BCUT2D eigenvalue weighted by Crippen LogP contribution is -2.20. The topological polar surface area (TPSA) is 40.5 Å². The molecular weight excluding hydrogens is 282 g/mol. The molecule has 0 saturated carbocycles. The van der Waals surface area contributed by atoms with Crippen molar-refractivity contribution in [2.75, 3.05) is 5.33 Å². The van der Waals surface area contributed by atoms with Crippen molar-refractivity contribution < 1.29 is 19.0 Å². The summed E-state index contributed by atoms with van der Waals surface area (Å²) in [7, 11) is 0. The lowest BCUT2D eigenvalue weighted by molar-refractivity contribution is 0.0167. The number of hydrogen-bond donors (Lipinski definition) is 2. The molecule has 0 fully saturated rings. The second-order valence-corrected chi connectivity index (χ2v) is 4.36. The van der Waals surface area contributed by atoms with Crippen LogP contribution in [0.4, 0.5) is 8.78 Å². The summed E-state index contributed by atoms with van der Waals surface area (Å²) in [6.45, 7) is 1.37. The van der Waals surface area contributed by atoms with Crippen molar-refractivity contribution in [1.29, 1.82) is 0 Å². The molecule has 5 heteroatoms. The van der Waals surface area contributed by atoms with Gasteiger partial charge in [-0.2, -0.15) is 0 Å². The minimum absolute atomic E-state index is 0.0288. The van der Waals surface area contributed by atoms with Crippen LogP contribution in [-0.4, -0.2) is 21.6 Å². The third-order valence-corrected chi connectivity index (χ3v) is 2.93. The summed E-state index contributed by atoms with van der Waals surface area (Å²) in [5.74, 6) is -1.94. The summed E-state index contributed by atoms with van der Waals surface area (Å²) in [5, 5.41) is 19.8. The third kappa shape index (κ3) is 2.78. The predicted octanol–water partition coefficient (Wildman–Crippen LogP) is 2.45. The Kier molecular flexibility index (Phi) is 4.83. The Balaban J connectivity index is 3.00. The van der Waals surface area contributed by atoms with Gasteiger partial charge in [0.05, 0.1) is 6.10 Å². The molecule has 0 spiro atoms. The van der Waals surface area contributed by atoms with E-state index in [9.17, 15) is 19.0 Å². The summed E-state index contributed by atoms with van der Waals surface area (Å²) in [4.78, 5) is 0. The second-order valence-electron chi connectivity index (χ2n) is 3.57. The highest BCUT2D eigenvalue weighted by molar-refractivity contribution is 9.09.